The number of rotatable bonds is 2. The van der Waals surface area contributed by atoms with Crippen LogP contribution in [0.25, 0.3) is 22.4 Å². The zero-order valence-corrected chi connectivity index (χ0v) is 12.8. The van der Waals surface area contributed by atoms with Gasteiger partial charge in [0.15, 0.2) is 5.58 Å². The maximum absolute atomic E-state index is 14.0. The van der Waals surface area contributed by atoms with Gasteiger partial charge in [-0.3, -0.25) is 4.98 Å². The molecule has 0 radical (unpaired) electrons. The van der Waals surface area contributed by atoms with Gasteiger partial charge in [-0.25, -0.2) is 4.39 Å². The van der Waals surface area contributed by atoms with E-state index in [0.717, 1.165) is 19.6 Å². The van der Waals surface area contributed by atoms with Gasteiger partial charge in [-0.2, -0.15) is 4.98 Å². The number of anilines is 1. The van der Waals surface area contributed by atoms with Crippen molar-refractivity contribution < 1.29 is 8.81 Å². The number of nitrogens with zero attached hydrogens (tertiary/aromatic N) is 3. The van der Waals surface area contributed by atoms with E-state index in [1.807, 2.05) is 18.2 Å². The molecule has 0 amide bonds. The number of nitrogens with one attached hydrogen (secondary N) is 1. The largest absolute Gasteiger partial charge is 0.423 e. The van der Waals surface area contributed by atoms with Crippen molar-refractivity contribution in [2.45, 2.75) is 13.0 Å². The van der Waals surface area contributed by atoms with Crippen LogP contribution in [0.1, 0.15) is 6.92 Å². The third-order valence-corrected chi connectivity index (χ3v) is 4.13. The quantitative estimate of drug-likeness (QED) is 0.788. The zero-order valence-electron chi connectivity index (χ0n) is 12.8. The van der Waals surface area contributed by atoms with Gasteiger partial charge in [0.2, 0.25) is 0 Å². The van der Waals surface area contributed by atoms with Gasteiger partial charge in [-0.15, -0.1) is 0 Å². The van der Waals surface area contributed by atoms with E-state index in [1.54, 1.807) is 6.20 Å². The fourth-order valence-electron chi connectivity index (χ4n) is 2.95. The number of benzene rings is 1. The Morgan fingerprint density at radius 2 is 2.26 bits per heavy atom. The molecule has 0 spiro atoms. The van der Waals surface area contributed by atoms with Crippen molar-refractivity contribution in [1.29, 1.82) is 0 Å². The molecule has 23 heavy (non-hydrogen) atoms. The average molecular weight is 312 g/mol. The highest BCUT2D eigenvalue weighted by molar-refractivity contribution is 5.90. The number of piperazine rings is 1. The number of fused-ring (bicyclic) bond motifs is 1. The Morgan fingerprint density at radius 1 is 1.35 bits per heavy atom. The van der Waals surface area contributed by atoms with Crippen LogP contribution in [0.4, 0.5) is 10.4 Å². The second-order valence-electron chi connectivity index (χ2n) is 5.76. The minimum absolute atomic E-state index is 0.278. The van der Waals surface area contributed by atoms with Crippen LogP contribution < -0.4 is 10.2 Å². The van der Waals surface area contributed by atoms with Crippen LogP contribution >= 0.6 is 0 Å². The van der Waals surface area contributed by atoms with E-state index in [0.29, 0.717) is 28.4 Å². The van der Waals surface area contributed by atoms with Crippen LogP contribution in [-0.2, 0) is 0 Å². The Bertz CT molecular complexity index is 833. The normalized spacial score (nSPS) is 18.5. The van der Waals surface area contributed by atoms with E-state index in [9.17, 15) is 4.39 Å². The lowest BCUT2D eigenvalue weighted by Gasteiger charge is -2.32. The van der Waals surface area contributed by atoms with Crippen LogP contribution in [0.15, 0.2) is 40.9 Å². The Labute approximate surface area is 133 Å². The average Bonchev–Trinajstić information content (AvgIpc) is 2.99. The lowest BCUT2D eigenvalue weighted by molar-refractivity contribution is 0.456. The number of aromatic nitrogens is 2. The molecule has 1 saturated heterocycles. The van der Waals surface area contributed by atoms with Gasteiger partial charge < -0.3 is 14.6 Å². The van der Waals surface area contributed by atoms with Crippen molar-refractivity contribution in [3.8, 4) is 11.3 Å². The van der Waals surface area contributed by atoms with Crippen LogP contribution in [0.3, 0.4) is 0 Å². The summed E-state index contributed by atoms with van der Waals surface area (Å²) in [6.07, 6.45) is 1.68. The minimum atomic E-state index is -0.341. The van der Waals surface area contributed by atoms with E-state index in [-0.39, 0.29) is 11.9 Å². The molecule has 0 saturated carbocycles. The Kier molecular flexibility index (Phi) is 3.46. The first kappa shape index (κ1) is 14.1. The Morgan fingerprint density at radius 3 is 3.04 bits per heavy atom. The molecule has 3 aromatic rings. The van der Waals surface area contributed by atoms with Gasteiger partial charge in [0, 0.05) is 43.5 Å². The van der Waals surface area contributed by atoms with Gasteiger partial charge >= 0.3 is 0 Å². The van der Waals surface area contributed by atoms with Crippen LogP contribution in [0, 0.1) is 5.82 Å². The molecule has 0 bridgehead atoms. The standard InChI is InChI=1S/C17H17FN4O/c1-11-10-19-6-7-22(11)17-21-15-9-12(18)8-13(16(15)23-17)14-4-2-3-5-20-14/h2-5,8-9,11,19H,6-7,10H2,1H3/t11-/m0/s1. The third-order valence-electron chi connectivity index (χ3n) is 4.13. The summed E-state index contributed by atoms with van der Waals surface area (Å²) < 4.78 is 20.0. The molecule has 1 atom stereocenters. The summed E-state index contributed by atoms with van der Waals surface area (Å²) in [5.41, 5.74) is 2.40. The number of pyridine rings is 1. The summed E-state index contributed by atoms with van der Waals surface area (Å²) in [7, 11) is 0. The molecule has 1 aliphatic heterocycles. The molecule has 0 unspecified atom stereocenters. The molecule has 1 aromatic carbocycles. The molecular formula is C17H17FN4O. The molecular weight excluding hydrogens is 295 g/mol. The second-order valence-corrected chi connectivity index (χ2v) is 5.76. The first-order chi connectivity index (χ1) is 11.2. The van der Waals surface area contributed by atoms with E-state index in [4.69, 9.17) is 4.42 Å². The molecule has 118 valence electrons. The summed E-state index contributed by atoms with van der Waals surface area (Å²) in [6.45, 7) is 4.68. The number of hydrogen-bond donors (Lipinski definition) is 1. The van der Waals surface area contributed by atoms with Gasteiger partial charge in [0.25, 0.3) is 6.01 Å². The monoisotopic (exact) mass is 312 g/mol. The first-order valence-electron chi connectivity index (χ1n) is 7.71. The smallest absolute Gasteiger partial charge is 0.298 e. The summed E-state index contributed by atoms with van der Waals surface area (Å²) >= 11 is 0. The maximum Gasteiger partial charge on any atom is 0.298 e. The number of halogens is 1. The summed E-state index contributed by atoms with van der Waals surface area (Å²) in [5, 5.41) is 3.33. The SMILES string of the molecule is C[C@H]1CNCCN1c1nc2cc(F)cc(-c3ccccn3)c2o1. The van der Waals surface area contributed by atoms with Crippen LogP contribution in [-0.4, -0.2) is 35.6 Å². The molecule has 1 fully saturated rings. The van der Waals surface area contributed by atoms with E-state index >= 15 is 0 Å². The summed E-state index contributed by atoms with van der Waals surface area (Å²) in [5.74, 6) is -0.341. The van der Waals surface area contributed by atoms with Crippen molar-refractivity contribution in [2.75, 3.05) is 24.5 Å². The van der Waals surface area contributed by atoms with Gasteiger partial charge in [0.1, 0.15) is 11.3 Å². The molecule has 5 nitrogen and oxygen atoms in total. The Hall–Kier alpha value is -2.47. The number of oxazole rings is 1. The molecule has 3 heterocycles. The van der Waals surface area contributed by atoms with E-state index in [2.05, 4.69) is 27.1 Å². The van der Waals surface area contributed by atoms with Crippen molar-refractivity contribution in [3.05, 3.63) is 42.3 Å². The first-order valence-corrected chi connectivity index (χ1v) is 7.71. The Balaban J connectivity index is 1.85. The molecule has 2 aromatic heterocycles. The van der Waals surface area contributed by atoms with Crippen molar-refractivity contribution in [2.24, 2.45) is 0 Å². The number of hydrogen-bond acceptors (Lipinski definition) is 5. The molecule has 1 N–H and O–H groups in total. The topological polar surface area (TPSA) is 54.2 Å². The van der Waals surface area contributed by atoms with E-state index < -0.39 is 0 Å². The summed E-state index contributed by atoms with van der Waals surface area (Å²) in [4.78, 5) is 10.9. The molecule has 4 rings (SSSR count). The zero-order chi connectivity index (χ0) is 15.8. The second kappa shape index (κ2) is 5.62. The highest BCUT2D eigenvalue weighted by Crippen LogP contribution is 2.32. The maximum atomic E-state index is 14.0. The predicted molar refractivity (Wildman–Crippen MR) is 86.9 cm³/mol. The van der Waals surface area contributed by atoms with Gasteiger partial charge in [-0.1, -0.05) is 6.07 Å². The van der Waals surface area contributed by atoms with Gasteiger partial charge in [-0.05, 0) is 25.1 Å². The molecule has 6 heteroatoms. The van der Waals surface area contributed by atoms with Crippen molar-refractivity contribution >= 4 is 17.1 Å². The van der Waals surface area contributed by atoms with Crippen LogP contribution in [0.5, 0.6) is 0 Å². The molecule has 1 aliphatic rings. The van der Waals surface area contributed by atoms with Crippen molar-refractivity contribution in [3.63, 3.8) is 0 Å². The highest BCUT2D eigenvalue weighted by atomic mass is 19.1. The van der Waals surface area contributed by atoms with E-state index in [1.165, 1.54) is 12.1 Å². The fourth-order valence-corrected chi connectivity index (χ4v) is 2.95. The minimum Gasteiger partial charge on any atom is -0.423 e. The predicted octanol–water partition coefficient (Wildman–Crippen LogP) is 2.83. The lowest BCUT2D eigenvalue weighted by atomic mass is 10.1. The third kappa shape index (κ3) is 2.55. The molecule has 0 aliphatic carbocycles. The van der Waals surface area contributed by atoms with Crippen molar-refractivity contribution in [1.82, 2.24) is 15.3 Å². The fraction of sp³-hybridized carbons (Fsp3) is 0.294. The summed E-state index contributed by atoms with van der Waals surface area (Å²) in [6, 6.07) is 9.20. The van der Waals surface area contributed by atoms with Gasteiger partial charge in [0.05, 0.1) is 5.69 Å². The van der Waals surface area contributed by atoms with Crippen LogP contribution in [0.2, 0.25) is 0 Å². The highest BCUT2D eigenvalue weighted by Gasteiger charge is 2.24. The lowest BCUT2D eigenvalue weighted by Crippen LogP contribution is -2.50.